The van der Waals surface area contributed by atoms with Gasteiger partial charge in [0.2, 0.25) is 5.88 Å². The van der Waals surface area contributed by atoms with Gasteiger partial charge in [0.25, 0.3) is 15.9 Å². The molecule has 4 rings (SSSR count). The van der Waals surface area contributed by atoms with Crippen molar-refractivity contribution in [2.75, 3.05) is 0 Å². The maximum Gasteiger partial charge on any atom is 0.281 e. The van der Waals surface area contributed by atoms with E-state index in [4.69, 9.17) is 4.74 Å². The third kappa shape index (κ3) is 6.25. The van der Waals surface area contributed by atoms with Gasteiger partial charge in [-0.05, 0) is 68.5 Å². The van der Waals surface area contributed by atoms with E-state index in [1.54, 1.807) is 18.3 Å². The quantitative estimate of drug-likeness (QED) is 0.313. The number of nitrogens with one attached hydrogen (secondary N) is 1. The predicted octanol–water partition coefficient (Wildman–Crippen LogP) is 5.22. The van der Waals surface area contributed by atoms with E-state index >= 15 is 0 Å². The zero-order valence-corrected chi connectivity index (χ0v) is 22.9. The molecule has 0 aliphatic heterocycles. The average Bonchev–Trinajstić information content (AvgIpc) is 3.34. The van der Waals surface area contributed by atoms with Crippen LogP contribution in [-0.2, 0) is 16.6 Å². The number of aromatic nitrogens is 4. The minimum absolute atomic E-state index is 0.0128. The molecule has 0 aliphatic carbocycles. The Morgan fingerprint density at radius 2 is 1.82 bits per heavy atom. The van der Waals surface area contributed by atoms with E-state index in [1.165, 1.54) is 24.4 Å². The molecular weight excluding hydrogens is 502 g/mol. The van der Waals surface area contributed by atoms with Crippen molar-refractivity contribution >= 4 is 15.9 Å². The molecule has 0 bridgehead atoms. The van der Waals surface area contributed by atoms with Crippen molar-refractivity contribution in [1.29, 1.82) is 0 Å². The SMILES string of the molecule is Cc1cc(C)c(Oc2nc(-c3cnn(CCC(C)C)c3)ccc2C(=O)NS(=O)(=O)c2ccccn2)c(C)c1. The Hall–Kier alpha value is -4.05. The Balaban J connectivity index is 1.72. The first-order valence-corrected chi connectivity index (χ1v) is 13.8. The van der Waals surface area contributed by atoms with Crippen molar-refractivity contribution in [3.8, 4) is 22.9 Å². The van der Waals surface area contributed by atoms with Crippen LogP contribution in [0, 0.1) is 26.7 Å². The van der Waals surface area contributed by atoms with Gasteiger partial charge in [0.05, 0.1) is 11.9 Å². The molecule has 0 fully saturated rings. The van der Waals surface area contributed by atoms with Gasteiger partial charge in [-0.3, -0.25) is 9.48 Å². The molecule has 1 amide bonds. The van der Waals surface area contributed by atoms with Crippen LogP contribution < -0.4 is 9.46 Å². The largest absolute Gasteiger partial charge is 0.438 e. The Morgan fingerprint density at radius 3 is 2.47 bits per heavy atom. The molecule has 0 radical (unpaired) electrons. The summed E-state index contributed by atoms with van der Waals surface area (Å²) in [5, 5.41) is 4.16. The number of pyridine rings is 2. The summed E-state index contributed by atoms with van der Waals surface area (Å²) in [6.07, 6.45) is 5.93. The van der Waals surface area contributed by atoms with E-state index in [0.29, 0.717) is 17.4 Å². The van der Waals surface area contributed by atoms with Crippen LogP contribution in [0.15, 0.2) is 66.1 Å². The number of sulfonamides is 1. The van der Waals surface area contributed by atoms with Gasteiger partial charge < -0.3 is 4.74 Å². The second-order valence-corrected chi connectivity index (χ2v) is 11.3. The second kappa shape index (κ2) is 11.1. The Bertz CT molecular complexity index is 1540. The topological polar surface area (TPSA) is 116 Å². The van der Waals surface area contributed by atoms with E-state index in [2.05, 4.69) is 33.6 Å². The third-order valence-electron chi connectivity index (χ3n) is 5.91. The fraction of sp³-hybridized carbons (Fsp3) is 0.286. The van der Waals surface area contributed by atoms with Gasteiger partial charge in [-0.1, -0.05) is 37.6 Å². The molecule has 3 heterocycles. The highest BCUT2D eigenvalue weighted by atomic mass is 32.2. The molecule has 0 unspecified atom stereocenters. The first kappa shape index (κ1) is 27.0. The predicted molar refractivity (Wildman–Crippen MR) is 145 cm³/mol. The summed E-state index contributed by atoms with van der Waals surface area (Å²) in [6.45, 7) is 10.9. The summed E-state index contributed by atoms with van der Waals surface area (Å²) in [4.78, 5) is 21.7. The number of benzene rings is 1. The van der Waals surface area contributed by atoms with E-state index in [-0.39, 0.29) is 16.5 Å². The lowest BCUT2D eigenvalue weighted by Crippen LogP contribution is -2.31. The Kier molecular flexibility index (Phi) is 7.91. The summed E-state index contributed by atoms with van der Waals surface area (Å²) >= 11 is 0. The molecular formula is C28H31N5O4S. The van der Waals surface area contributed by atoms with Crippen LogP contribution in [0.25, 0.3) is 11.3 Å². The van der Waals surface area contributed by atoms with Crippen LogP contribution in [0.5, 0.6) is 11.6 Å². The van der Waals surface area contributed by atoms with Crippen molar-refractivity contribution < 1.29 is 17.9 Å². The lowest BCUT2D eigenvalue weighted by molar-refractivity contribution is 0.0978. The molecule has 198 valence electrons. The van der Waals surface area contributed by atoms with Gasteiger partial charge in [0, 0.05) is 24.5 Å². The first-order chi connectivity index (χ1) is 18.0. The maximum atomic E-state index is 13.2. The Morgan fingerprint density at radius 1 is 1.08 bits per heavy atom. The molecule has 3 aromatic heterocycles. The van der Waals surface area contributed by atoms with Crippen molar-refractivity contribution in [3.05, 3.63) is 83.3 Å². The lowest BCUT2D eigenvalue weighted by Gasteiger charge is -2.15. The number of ether oxygens (including phenoxy) is 1. The van der Waals surface area contributed by atoms with Crippen molar-refractivity contribution in [2.45, 2.75) is 52.6 Å². The van der Waals surface area contributed by atoms with E-state index in [9.17, 15) is 13.2 Å². The summed E-state index contributed by atoms with van der Waals surface area (Å²) in [5.74, 6) is 0.206. The normalized spacial score (nSPS) is 11.5. The van der Waals surface area contributed by atoms with Crippen LogP contribution in [0.1, 0.15) is 47.3 Å². The molecule has 0 atom stereocenters. The fourth-order valence-corrected chi connectivity index (χ4v) is 4.94. The minimum atomic E-state index is -4.20. The molecule has 0 spiro atoms. The van der Waals surface area contributed by atoms with Crippen molar-refractivity contribution in [2.24, 2.45) is 5.92 Å². The van der Waals surface area contributed by atoms with Crippen LogP contribution in [0.2, 0.25) is 0 Å². The highest BCUT2D eigenvalue weighted by Gasteiger charge is 2.24. The van der Waals surface area contributed by atoms with Crippen LogP contribution in [0.4, 0.5) is 0 Å². The van der Waals surface area contributed by atoms with Gasteiger partial charge >= 0.3 is 0 Å². The summed E-state index contributed by atoms with van der Waals surface area (Å²) < 4.78 is 35.7. The van der Waals surface area contributed by atoms with Gasteiger partial charge in [0.1, 0.15) is 11.3 Å². The van der Waals surface area contributed by atoms with Crippen LogP contribution >= 0.6 is 0 Å². The zero-order chi connectivity index (χ0) is 27.4. The molecule has 38 heavy (non-hydrogen) atoms. The molecule has 0 aliphatic rings. The molecule has 10 heteroatoms. The number of carbonyl (C=O) groups is 1. The van der Waals surface area contributed by atoms with Crippen molar-refractivity contribution in [1.82, 2.24) is 24.5 Å². The van der Waals surface area contributed by atoms with Gasteiger partial charge in [-0.2, -0.15) is 13.5 Å². The fourth-order valence-electron chi connectivity index (χ4n) is 4.02. The summed E-state index contributed by atoms with van der Waals surface area (Å²) in [6, 6.07) is 11.5. The zero-order valence-electron chi connectivity index (χ0n) is 22.1. The van der Waals surface area contributed by atoms with Gasteiger partial charge in [0.15, 0.2) is 5.03 Å². The lowest BCUT2D eigenvalue weighted by atomic mass is 10.1. The molecule has 4 aromatic rings. The monoisotopic (exact) mass is 533 g/mol. The van der Waals surface area contributed by atoms with Crippen molar-refractivity contribution in [3.63, 3.8) is 0 Å². The second-order valence-electron chi connectivity index (χ2n) is 9.66. The number of hydrogen-bond acceptors (Lipinski definition) is 7. The van der Waals surface area contributed by atoms with E-state index in [0.717, 1.165) is 35.2 Å². The molecule has 9 nitrogen and oxygen atoms in total. The molecule has 1 N–H and O–H groups in total. The maximum absolute atomic E-state index is 13.2. The summed E-state index contributed by atoms with van der Waals surface area (Å²) in [7, 11) is -4.20. The number of aryl methyl sites for hydroxylation is 4. The van der Waals surface area contributed by atoms with E-state index in [1.807, 2.05) is 43.8 Å². The number of nitrogens with zero attached hydrogens (tertiary/aromatic N) is 4. The van der Waals surface area contributed by atoms with Gasteiger partial charge in [-0.25, -0.2) is 14.7 Å². The Labute approximate surface area is 223 Å². The highest BCUT2D eigenvalue weighted by molar-refractivity contribution is 7.90. The molecule has 1 aromatic carbocycles. The number of carbonyl (C=O) groups excluding carboxylic acids is 1. The standard InChI is InChI=1S/C28H31N5O4S/c1-18(2)11-13-33-17-22(16-30-33)24-10-9-23(27(34)32-38(35,36)25-8-6-7-12-29-25)28(31-24)37-26-20(4)14-19(3)15-21(26)5/h6-10,12,14-18H,11,13H2,1-5H3,(H,32,34). The minimum Gasteiger partial charge on any atom is -0.438 e. The third-order valence-corrected chi connectivity index (χ3v) is 7.16. The number of hydrogen-bond donors (Lipinski definition) is 1. The van der Waals surface area contributed by atoms with Gasteiger partial charge in [-0.15, -0.1) is 0 Å². The number of amides is 1. The first-order valence-electron chi connectivity index (χ1n) is 12.3. The molecule has 0 saturated heterocycles. The smallest absolute Gasteiger partial charge is 0.281 e. The molecule has 0 saturated carbocycles. The highest BCUT2D eigenvalue weighted by Crippen LogP contribution is 2.32. The van der Waals surface area contributed by atoms with Crippen LogP contribution in [-0.4, -0.2) is 34.1 Å². The van der Waals surface area contributed by atoms with E-state index < -0.39 is 15.9 Å². The summed E-state index contributed by atoms with van der Waals surface area (Å²) in [5.41, 5.74) is 4.07. The average molecular weight is 534 g/mol. The van der Waals surface area contributed by atoms with Crippen LogP contribution in [0.3, 0.4) is 0 Å². The number of rotatable bonds is 9.